The van der Waals surface area contributed by atoms with Crippen LogP contribution >= 0.6 is 0 Å². The second kappa shape index (κ2) is 7.57. The quantitative estimate of drug-likeness (QED) is 0.845. The fraction of sp³-hybridized carbons (Fsp3) is 0.294. The predicted octanol–water partition coefficient (Wildman–Crippen LogP) is 2.86. The molecule has 0 fully saturated rings. The fourth-order valence-electron chi connectivity index (χ4n) is 2.09. The monoisotopic (exact) mass is 337 g/mol. The van der Waals surface area contributed by atoms with Gasteiger partial charge in [0.25, 0.3) is 0 Å². The third kappa shape index (κ3) is 5.04. The molecule has 0 amide bonds. The first kappa shape index (κ1) is 17.4. The average molecular weight is 337 g/mol. The Labute approximate surface area is 136 Å². The number of methoxy groups -OCH3 is 1. The SMILES string of the molecule is COc1ccc(CC(F)CNS(=O)(=O)c2ccc(C)cc2)cc1. The molecule has 4 nitrogen and oxygen atoms in total. The third-order valence-electron chi connectivity index (χ3n) is 3.44. The molecule has 0 saturated heterocycles. The van der Waals surface area contributed by atoms with Gasteiger partial charge in [-0.3, -0.25) is 0 Å². The van der Waals surface area contributed by atoms with Gasteiger partial charge in [0.05, 0.1) is 12.0 Å². The Kier molecular flexibility index (Phi) is 5.74. The molecular formula is C17H20FNO3S. The van der Waals surface area contributed by atoms with Gasteiger partial charge in [0.2, 0.25) is 10.0 Å². The summed E-state index contributed by atoms with van der Waals surface area (Å²) in [4.78, 5) is 0.139. The van der Waals surface area contributed by atoms with Crippen molar-refractivity contribution in [2.45, 2.75) is 24.4 Å². The van der Waals surface area contributed by atoms with Gasteiger partial charge in [0, 0.05) is 13.0 Å². The number of hydrogen-bond acceptors (Lipinski definition) is 3. The molecular weight excluding hydrogens is 317 g/mol. The normalized spacial score (nSPS) is 12.8. The highest BCUT2D eigenvalue weighted by Crippen LogP contribution is 2.14. The molecule has 0 aliphatic heterocycles. The predicted molar refractivity (Wildman–Crippen MR) is 88.0 cm³/mol. The van der Waals surface area contributed by atoms with E-state index in [1.54, 1.807) is 43.5 Å². The van der Waals surface area contributed by atoms with Crippen LogP contribution in [-0.2, 0) is 16.4 Å². The van der Waals surface area contributed by atoms with Crippen LogP contribution in [0.5, 0.6) is 5.75 Å². The molecule has 0 saturated carbocycles. The Hall–Kier alpha value is -1.92. The summed E-state index contributed by atoms with van der Waals surface area (Å²) in [6, 6.07) is 13.5. The van der Waals surface area contributed by atoms with Crippen LogP contribution in [0.25, 0.3) is 0 Å². The largest absolute Gasteiger partial charge is 0.497 e. The molecule has 0 radical (unpaired) electrons. The zero-order valence-electron chi connectivity index (χ0n) is 13.1. The van der Waals surface area contributed by atoms with Crippen molar-refractivity contribution in [1.29, 1.82) is 0 Å². The lowest BCUT2D eigenvalue weighted by molar-refractivity contribution is 0.331. The van der Waals surface area contributed by atoms with Crippen LogP contribution in [0.2, 0.25) is 0 Å². The van der Waals surface area contributed by atoms with Gasteiger partial charge in [-0.2, -0.15) is 0 Å². The van der Waals surface area contributed by atoms with Gasteiger partial charge >= 0.3 is 0 Å². The molecule has 1 N–H and O–H groups in total. The summed E-state index contributed by atoms with van der Waals surface area (Å²) in [6.07, 6.45) is -1.16. The topological polar surface area (TPSA) is 55.4 Å². The van der Waals surface area contributed by atoms with E-state index in [9.17, 15) is 12.8 Å². The average Bonchev–Trinajstić information content (AvgIpc) is 2.54. The first-order chi connectivity index (χ1) is 10.9. The molecule has 0 aliphatic carbocycles. The minimum absolute atomic E-state index is 0.139. The first-order valence-corrected chi connectivity index (χ1v) is 8.72. The van der Waals surface area contributed by atoms with Crippen molar-refractivity contribution in [2.75, 3.05) is 13.7 Å². The fourth-order valence-corrected chi connectivity index (χ4v) is 3.15. The van der Waals surface area contributed by atoms with E-state index in [-0.39, 0.29) is 17.9 Å². The van der Waals surface area contributed by atoms with Crippen molar-refractivity contribution in [2.24, 2.45) is 0 Å². The van der Waals surface area contributed by atoms with Crippen LogP contribution in [-0.4, -0.2) is 28.2 Å². The second-order valence-electron chi connectivity index (χ2n) is 5.31. The Bertz CT molecular complexity index is 727. The van der Waals surface area contributed by atoms with Crippen LogP contribution in [0.3, 0.4) is 0 Å². The van der Waals surface area contributed by atoms with E-state index < -0.39 is 16.2 Å². The maximum absolute atomic E-state index is 14.0. The second-order valence-corrected chi connectivity index (χ2v) is 7.08. The van der Waals surface area contributed by atoms with Crippen molar-refractivity contribution in [3.05, 3.63) is 59.7 Å². The van der Waals surface area contributed by atoms with Crippen LogP contribution in [0.1, 0.15) is 11.1 Å². The molecule has 2 rings (SSSR count). The minimum Gasteiger partial charge on any atom is -0.497 e. The Morgan fingerprint density at radius 2 is 1.70 bits per heavy atom. The lowest BCUT2D eigenvalue weighted by Gasteiger charge is -2.11. The molecule has 23 heavy (non-hydrogen) atoms. The van der Waals surface area contributed by atoms with Gasteiger partial charge in [-0.05, 0) is 36.8 Å². The molecule has 2 aromatic rings. The number of ether oxygens (including phenoxy) is 1. The first-order valence-electron chi connectivity index (χ1n) is 7.24. The molecule has 0 spiro atoms. The van der Waals surface area contributed by atoms with Crippen LogP contribution in [0, 0.1) is 6.92 Å². The van der Waals surface area contributed by atoms with Crippen LogP contribution in [0.15, 0.2) is 53.4 Å². The van der Waals surface area contributed by atoms with Crippen LogP contribution < -0.4 is 9.46 Å². The zero-order valence-corrected chi connectivity index (χ0v) is 13.9. The van der Waals surface area contributed by atoms with E-state index in [1.807, 2.05) is 6.92 Å². The van der Waals surface area contributed by atoms with Gasteiger partial charge in [-0.15, -0.1) is 0 Å². The summed E-state index contributed by atoms with van der Waals surface area (Å²) >= 11 is 0. The Morgan fingerprint density at radius 3 is 2.26 bits per heavy atom. The maximum atomic E-state index is 14.0. The van der Waals surface area contributed by atoms with Gasteiger partial charge in [0.15, 0.2) is 0 Å². The molecule has 0 aliphatic rings. The smallest absolute Gasteiger partial charge is 0.240 e. The van der Waals surface area contributed by atoms with E-state index in [0.717, 1.165) is 11.1 Å². The highest BCUT2D eigenvalue weighted by atomic mass is 32.2. The van der Waals surface area contributed by atoms with Gasteiger partial charge in [-0.25, -0.2) is 17.5 Å². The van der Waals surface area contributed by atoms with E-state index >= 15 is 0 Å². The van der Waals surface area contributed by atoms with E-state index in [2.05, 4.69) is 4.72 Å². The maximum Gasteiger partial charge on any atom is 0.240 e. The van der Waals surface area contributed by atoms with Crippen molar-refractivity contribution in [3.8, 4) is 5.75 Å². The third-order valence-corrected chi connectivity index (χ3v) is 4.88. The number of benzene rings is 2. The van der Waals surface area contributed by atoms with Crippen LogP contribution in [0.4, 0.5) is 4.39 Å². The minimum atomic E-state index is -3.69. The Morgan fingerprint density at radius 1 is 1.09 bits per heavy atom. The lowest BCUT2D eigenvalue weighted by Crippen LogP contribution is -2.31. The summed E-state index contributed by atoms with van der Waals surface area (Å²) in [6.45, 7) is 1.61. The zero-order chi connectivity index (χ0) is 16.9. The number of rotatable bonds is 7. The van der Waals surface area contributed by atoms with Crippen molar-refractivity contribution in [1.82, 2.24) is 4.72 Å². The van der Waals surface area contributed by atoms with E-state index in [1.165, 1.54) is 12.1 Å². The number of aryl methyl sites for hydroxylation is 1. The number of alkyl halides is 1. The summed E-state index contributed by atoms with van der Waals surface area (Å²) in [7, 11) is -2.12. The number of halogens is 1. The highest BCUT2D eigenvalue weighted by Gasteiger charge is 2.16. The van der Waals surface area contributed by atoms with Gasteiger partial charge < -0.3 is 4.74 Å². The molecule has 1 atom stereocenters. The van der Waals surface area contributed by atoms with Crippen molar-refractivity contribution in [3.63, 3.8) is 0 Å². The molecule has 0 bridgehead atoms. The highest BCUT2D eigenvalue weighted by molar-refractivity contribution is 7.89. The Balaban J connectivity index is 1.92. The molecule has 0 aromatic heterocycles. The van der Waals surface area contributed by atoms with Gasteiger partial charge in [-0.1, -0.05) is 29.8 Å². The standard InChI is InChI=1S/C17H20FNO3S/c1-13-3-9-17(10-4-13)23(20,21)19-12-15(18)11-14-5-7-16(22-2)8-6-14/h3-10,15,19H,11-12H2,1-2H3. The molecule has 2 aromatic carbocycles. The van der Waals surface area contributed by atoms with Gasteiger partial charge in [0.1, 0.15) is 11.9 Å². The molecule has 1 unspecified atom stereocenters. The van der Waals surface area contributed by atoms with E-state index in [0.29, 0.717) is 5.75 Å². The summed E-state index contributed by atoms with van der Waals surface area (Å²) in [5, 5.41) is 0. The molecule has 0 heterocycles. The molecule has 6 heteroatoms. The number of nitrogens with one attached hydrogen (secondary N) is 1. The summed E-state index contributed by atoms with van der Waals surface area (Å²) < 4.78 is 45.6. The van der Waals surface area contributed by atoms with Crippen molar-refractivity contribution >= 4 is 10.0 Å². The lowest BCUT2D eigenvalue weighted by atomic mass is 10.1. The number of sulfonamides is 1. The van der Waals surface area contributed by atoms with E-state index in [4.69, 9.17) is 4.74 Å². The summed E-state index contributed by atoms with van der Waals surface area (Å²) in [5.74, 6) is 0.698. The summed E-state index contributed by atoms with van der Waals surface area (Å²) in [5.41, 5.74) is 1.75. The van der Waals surface area contributed by atoms with Crippen molar-refractivity contribution < 1.29 is 17.5 Å². The number of hydrogen-bond donors (Lipinski definition) is 1. The molecule has 124 valence electrons.